The Hall–Kier alpha value is -3.97. The Morgan fingerprint density at radius 2 is 1.40 bits per heavy atom. The summed E-state index contributed by atoms with van der Waals surface area (Å²) in [6, 6.07) is 3.21. The van der Waals surface area contributed by atoms with Gasteiger partial charge in [0.2, 0.25) is 0 Å². The average Bonchev–Trinajstić information content (AvgIpc) is 2.59. The maximum absolute atomic E-state index is 14.7. The molecule has 1 aliphatic carbocycles. The molecule has 16 N–H and O–H groups in total. The van der Waals surface area contributed by atoms with E-state index in [0.717, 1.165) is 0 Å². The third-order valence-electron chi connectivity index (χ3n) is 4.15. The first kappa shape index (κ1) is 22.3. The zero-order valence-corrected chi connectivity index (χ0v) is 16.1. The zero-order valence-electron chi connectivity index (χ0n) is 16.1. The van der Waals surface area contributed by atoms with Crippen molar-refractivity contribution in [3.63, 3.8) is 0 Å². The van der Waals surface area contributed by atoms with Crippen LogP contribution in [0.1, 0.15) is 12.8 Å². The molecule has 0 amide bonds. The van der Waals surface area contributed by atoms with Gasteiger partial charge in [0.25, 0.3) is 0 Å². The molecule has 0 spiro atoms. The molecular formula is C16H27FN12O. The van der Waals surface area contributed by atoms with Crippen molar-refractivity contribution < 1.29 is 9.13 Å². The van der Waals surface area contributed by atoms with Crippen molar-refractivity contribution in [2.75, 3.05) is 0 Å². The molecular weight excluding hydrogens is 395 g/mol. The van der Waals surface area contributed by atoms with Crippen LogP contribution in [0.15, 0.2) is 38.2 Å². The summed E-state index contributed by atoms with van der Waals surface area (Å²) in [4.78, 5) is 16.0. The van der Waals surface area contributed by atoms with Crippen molar-refractivity contribution in [1.29, 1.82) is 0 Å². The third kappa shape index (κ3) is 6.29. The summed E-state index contributed by atoms with van der Waals surface area (Å²) in [5, 5.41) is 0. The predicted octanol–water partition coefficient (Wildman–Crippen LogP) is -2.34. The van der Waals surface area contributed by atoms with Crippen LogP contribution in [-0.2, 0) is 0 Å². The van der Waals surface area contributed by atoms with Gasteiger partial charge in [-0.25, -0.2) is 24.4 Å². The highest BCUT2D eigenvalue weighted by Crippen LogP contribution is 2.36. The van der Waals surface area contributed by atoms with Crippen LogP contribution < -0.4 is 50.6 Å². The number of ether oxygens (including phenoxy) is 1. The van der Waals surface area contributed by atoms with Crippen LogP contribution in [0.3, 0.4) is 0 Å². The molecule has 164 valence electrons. The molecule has 0 radical (unpaired) electrons. The molecule has 1 aliphatic rings. The Bertz CT molecular complexity index is 867. The number of hydrogen-bond acceptors (Lipinski definition) is 5. The van der Waals surface area contributed by atoms with Gasteiger partial charge < -0.3 is 50.6 Å². The second-order valence-corrected chi connectivity index (χ2v) is 6.61. The molecule has 2 rings (SSSR count). The van der Waals surface area contributed by atoms with Gasteiger partial charge in [0.1, 0.15) is 23.7 Å². The quantitative estimate of drug-likeness (QED) is 0.180. The van der Waals surface area contributed by atoms with E-state index in [0.29, 0.717) is 5.69 Å². The highest BCUT2D eigenvalue weighted by molar-refractivity contribution is 5.82. The molecule has 14 heteroatoms. The van der Waals surface area contributed by atoms with E-state index in [4.69, 9.17) is 50.6 Å². The number of nitrogens with zero attached hydrogens (tertiary/aromatic N) is 4. The molecule has 1 fully saturated rings. The molecule has 30 heavy (non-hydrogen) atoms. The fourth-order valence-electron chi connectivity index (χ4n) is 3.08. The Morgan fingerprint density at radius 1 is 0.800 bits per heavy atom. The van der Waals surface area contributed by atoms with Crippen LogP contribution in [0.2, 0.25) is 0 Å². The largest absolute Gasteiger partial charge is 0.486 e. The SMILES string of the molecule is NC(N)=Nc1ccc(O[C@H]2C[C@H](F)[C@H](N=C(N)N)C[C@@H]2N=C(N)N)c(N=C(N)N)c1. The van der Waals surface area contributed by atoms with Crippen molar-refractivity contribution in [2.45, 2.75) is 37.2 Å². The van der Waals surface area contributed by atoms with E-state index in [-0.39, 0.29) is 48.1 Å². The molecule has 0 aliphatic heterocycles. The van der Waals surface area contributed by atoms with Crippen LogP contribution in [0, 0.1) is 0 Å². The van der Waals surface area contributed by atoms with Crippen molar-refractivity contribution in [1.82, 2.24) is 0 Å². The first-order valence-corrected chi connectivity index (χ1v) is 8.86. The van der Waals surface area contributed by atoms with Gasteiger partial charge in [0, 0.05) is 6.42 Å². The first-order chi connectivity index (χ1) is 14.0. The summed E-state index contributed by atoms with van der Waals surface area (Å²) in [6.07, 6.45) is -2.06. The Kier molecular flexibility index (Phi) is 7.06. The summed E-state index contributed by atoms with van der Waals surface area (Å²) >= 11 is 0. The van der Waals surface area contributed by atoms with Gasteiger partial charge in [0.15, 0.2) is 23.8 Å². The summed E-state index contributed by atoms with van der Waals surface area (Å²) in [7, 11) is 0. The number of alkyl halides is 1. The Balaban J connectivity index is 2.38. The minimum atomic E-state index is -1.38. The molecule has 1 aromatic carbocycles. The fourth-order valence-corrected chi connectivity index (χ4v) is 3.08. The second-order valence-electron chi connectivity index (χ2n) is 6.61. The van der Waals surface area contributed by atoms with Gasteiger partial charge in [-0.15, -0.1) is 0 Å². The normalized spacial score (nSPS) is 23.0. The highest BCUT2D eigenvalue weighted by Gasteiger charge is 2.39. The Labute approximate surface area is 172 Å². The predicted molar refractivity (Wildman–Crippen MR) is 115 cm³/mol. The van der Waals surface area contributed by atoms with Gasteiger partial charge in [-0.05, 0) is 24.6 Å². The summed E-state index contributed by atoms with van der Waals surface area (Å²) < 4.78 is 20.7. The molecule has 0 bridgehead atoms. The smallest absolute Gasteiger partial charge is 0.191 e. The number of aliphatic imine (C=N–C) groups is 4. The van der Waals surface area contributed by atoms with E-state index >= 15 is 0 Å². The van der Waals surface area contributed by atoms with E-state index in [2.05, 4.69) is 20.0 Å². The molecule has 0 saturated heterocycles. The summed E-state index contributed by atoms with van der Waals surface area (Å²) in [5.41, 5.74) is 44.2. The van der Waals surface area contributed by atoms with E-state index in [1.165, 1.54) is 6.07 Å². The highest BCUT2D eigenvalue weighted by atomic mass is 19.1. The summed E-state index contributed by atoms with van der Waals surface area (Å²) in [5.74, 6) is -0.517. The van der Waals surface area contributed by atoms with Crippen molar-refractivity contribution in [3.8, 4) is 5.75 Å². The summed E-state index contributed by atoms with van der Waals surface area (Å²) in [6.45, 7) is 0. The van der Waals surface area contributed by atoms with Crippen LogP contribution >= 0.6 is 0 Å². The van der Waals surface area contributed by atoms with Crippen molar-refractivity contribution in [2.24, 2.45) is 65.8 Å². The van der Waals surface area contributed by atoms with Gasteiger partial charge in [0.05, 0.1) is 17.8 Å². The lowest BCUT2D eigenvalue weighted by Gasteiger charge is -2.35. The lowest BCUT2D eigenvalue weighted by atomic mass is 9.87. The number of guanidine groups is 4. The first-order valence-electron chi connectivity index (χ1n) is 8.86. The maximum atomic E-state index is 14.7. The van der Waals surface area contributed by atoms with Gasteiger partial charge in [-0.1, -0.05) is 0 Å². The zero-order chi connectivity index (χ0) is 22.4. The number of nitrogens with two attached hydrogens (primary N) is 8. The molecule has 1 aromatic rings. The number of halogens is 1. The maximum Gasteiger partial charge on any atom is 0.191 e. The average molecular weight is 422 g/mol. The monoisotopic (exact) mass is 422 g/mol. The topological polar surface area (TPSA) is 267 Å². The standard InChI is InChI=1S/C16H27FN12O/c17-7-4-12(10(29-16(24)25)5-8(7)27-14(20)21)30-11-2-1-6(26-13(18)19)3-9(11)28-15(22)23/h1-3,7-8,10,12H,4-5H2,(H4,18,19,26)(H4,20,21,27)(H4,22,23,28)(H4,24,25,29)/t7-,8+,10-,12-/m0/s1. The van der Waals surface area contributed by atoms with Crippen LogP contribution in [0.25, 0.3) is 0 Å². The lowest BCUT2D eigenvalue weighted by molar-refractivity contribution is 0.0738. The lowest BCUT2D eigenvalue weighted by Crippen LogP contribution is -2.46. The molecule has 0 unspecified atom stereocenters. The minimum Gasteiger partial charge on any atom is -0.486 e. The van der Waals surface area contributed by atoms with E-state index in [1.807, 2.05) is 0 Å². The fraction of sp³-hybridized carbons (Fsp3) is 0.375. The van der Waals surface area contributed by atoms with E-state index < -0.39 is 24.4 Å². The van der Waals surface area contributed by atoms with Gasteiger partial charge in [-0.3, -0.25) is 0 Å². The molecule has 13 nitrogen and oxygen atoms in total. The number of rotatable bonds is 6. The van der Waals surface area contributed by atoms with Crippen LogP contribution in [0.5, 0.6) is 5.75 Å². The van der Waals surface area contributed by atoms with Crippen LogP contribution in [0.4, 0.5) is 15.8 Å². The minimum absolute atomic E-state index is 0.0696. The molecule has 1 saturated carbocycles. The van der Waals surface area contributed by atoms with E-state index in [1.54, 1.807) is 12.1 Å². The van der Waals surface area contributed by atoms with Gasteiger partial charge >= 0.3 is 0 Å². The number of hydrogen-bond donors (Lipinski definition) is 8. The van der Waals surface area contributed by atoms with Crippen LogP contribution in [-0.4, -0.2) is 48.2 Å². The molecule has 0 aromatic heterocycles. The van der Waals surface area contributed by atoms with Gasteiger partial charge in [-0.2, -0.15) is 0 Å². The van der Waals surface area contributed by atoms with E-state index in [9.17, 15) is 4.39 Å². The number of benzene rings is 1. The third-order valence-corrected chi connectivity index (χ3v) is 4.15. The Morgan fingerprint density at radius 3 is 1.97 bits per heavy atom. The second kappa shape index (κ2) is 9.49. The van der Waals surface area contributed by atoms with Crippen molar-refractivity contribution >= 4 is 35.2 Å². The van der Waals surface area contributed by atoms with Crippen molar-refractivity contribution in [3.05, 3.63) is 18.2 Å². The molecule has 0 heterocycles. The molecule has 4 atom stereocenters.